The number of carboxylic acids is 1. The molecule has 4 N–H and O–H groups in total. The molecule has 0 unspecified atom stereocenters. The lowest BCUT2D eigenvalue weighted by atomic mass is 10.1. The molecule has 1 fully saturated rings. The van der Waals surface area contributed by atoms with Gasteiger partial charge in [-0.05, 0) is 43.7 Å². The van der Waals surface area contributed by atoms with Gasteiger partial charge in [-0.2, -0.15) is 31.4 Å². The van der Waals surface area contributed by atoms with E-state index in [2.05, 4.69) is 26.1 Å². The van der Waals surface area contributed by atoms with E-state index in [1.807, 2.05) is 6.07 Å². The molecule has 0 radical (unpaired) electrons. The van der Waals surface area contributed by atoms with Gasteiger partial charge in [-0.1, -0.05) is 0 Å². The molecule has 1 atom stereocenters. The summed E-state index contributed by atoms with van der Waals surface area (Å²) in [4.78, 5) is 21.6. The van der Waals surface area contributed by atoms with Crippen LogP contribution < -0.4 is 16.0 Å². The van der Waals surface area contributed by atoms with Crippen LogP contribution in [0, 0.1) is 0 Å². The summed E-state index contributed by atoms with van der Waals surface area (Å²) < 4.78 is 73.5. The minimum absolute atomic E-state index is 0.127. The number of aliphatic carboxylic acids is 1. The number of aromatic nitrogens is 4. The Balaban J connectivity index is 0.000000454. The molecule has 1 aliphatic rings. The predicted molar refractivity (Wildman–Crippen MR) is 115 cm³/mol. The lowest BCUT2D eigenvalue weighted by Crippen LogP contribution is -2.38. The Morgan fingerprint density at radius 1 is 1.11 bits per heavy atom. The molecule has 3 aromatic rings. The van der Waals surface area contributed by atoms with Gasteiger partial charge in [0.25, 0.3) is 5.91 Å². The second kappa shape index (κ2) is 10.4. The summed E-state index contributed by atoms with van der Waals surface area (Å²) in [5, 5.41) is 23.9. The zero-order valence-electron chi connectivity index (χ0n) is 18.6. The summed E-state index contributed by atoms with van der Waals surface area (Å²) in [6.07, 6.45) is -6.57. The smallest absolute Gasteiger partial charge is 0.475 e. The van der Waals surface area contributed by atoms with Crippen molar-refractivity contribution in [3.63, 3.8) is 0 Å². The molecule has 4 rings (SSSR count). The monoisotopic (exact) mass is 521 g/mol. The third kappa shape index (κ3) is 6.65. The molecule has 0 aromatic carbocycles. The number of aryl methyl sites for hydroxylation is 1. The molecule has 0 aliphatic carbocycles. The number of hydrogen-bond acceptors (Lipinski definition) is 6. The second-order valence-corrected chi connectivity index (χ2v) is 7.78. The highest BCUT2D eigenvalue weighted by Crippen LogP contribution is 2.33. The predicted octanol–water partition coefficient (Wildman–Crippen LogP) is 3.14. The quantitative estimate of drug-likeness (QED) is 0.389. The van der Waals surface area contributed by atoms with Gasteiger partial charge >= 0.3 is 18.3 Å². The van der Waals surface area contributed by atoms with Crippen LogP contribution in [0.25, 0.3) is 5.52 Å². The number of nitrogens with zero attached hydrogens (tertiary/aromatic N) is 4. The van der Waals surface area contributed by atoms with Gasteiger partial charge in [0.1, 0.15) is 11.5 Å². The van der Waals surface area contributed by atoms with E-state index < -0.39 is 35.6 Å². The first-order valence-electron chi connectivity index (χ1n) is 10.4. The minimum atomic E-state index is -5.08. The molecule has 0 bridgehead atoms. The summed E-state index contributed by atoms with van der Waals surface area (Å²) in [5.74, 6) is -2.87. The van der Waals surface area contributed by atoms with Gasteiger partial charge < -0.3 is 21.1 Å². The highest BCUT2D eigenvalue weighted by atomic mass is 19.4. The van der Waals surface area contributed by atoms with Crippen LogP contribution in [0.5, 0.6) is 0 Å². The average Bonchev–Trinajstić information content (AvgIpc) is 3.37. The summed E-state index contributed by atoms with van der Waals surface area (Å²) in [7, 11) is 1.36. The molecule has 16 heteroatoms. The van der Waals surface area contributed by atoms with Crippen molar-refractivity contribution in [2.75, 3.05) is 23.7 Å². The van der Waals surface area contributed by atoms with Crippen LogP contribution in [0.15, 0.2) is 30.5 Å². The zero-order chi connectivity index (χ0) is 26.7. The third-order valence-electron chi connectivity index (χ3n) is 4.97. The van der Waals surface area contributed by atoms with Crippen LogP contribution in [0.1, 0.15) is 29.0 Å². The van der Waals surface area contributed by atoms with Gasteiger partial charge in [0.2, 0.25) is 0 Å². The average molecular weight is 521 g/mol. The molecular formula is C20H21F6N7O3. The van der Waals surface area contributed by atoms with E-state index in [1.54, 1.807) is 12.1 Å². The molecule has 1 aliphatic heterocycles. The molecule has 36 heavy (non-hydrogen) atoms. The van der Waals surface area contributed by atoms with Gasteiger partial charge in [0, 0.05) is 25.8 Å². The Hall–Kier alpha value is -3.82. The Labute approximate surface area is 199 Å². The van der Waals surface area contributed by atoms with Crippen molar-refractivity contribution in [2.24, 2.45) is 7.05 Å². The fraction of sp³-hybridized carbons (Fsp3) is 0.400. The Morgan fingerprint density at radius 3 is 2.36 bits per heavy atom. The van der Waals surface area contributed by atoms with Crippen molar-refractivity contribution in [1.82, 2.24) is 24.7 Å². The summed E-state index contributed by atoms with van der Waals surface area (Å²) in [6, 6.07) is 7.04. The van der Waals surface area contributed by atoms with Crippen molar-refractivity contribution in [1.29, 1.82) is 0 Å². The number of fused-ring (bicyclic) bond motifs is 1. The Bertz CT molecular complexity index is 1230. The van der Waals surface area contributed by atoms with Crippen molar-refractivity contribution >= 4 is 28.9 Å². The minimum Gasteiger partial charge on any atom is -0.475 e. The number of carbonyl (C=O) groups is 2. The number of anilines is 2. The number of nitrogens with one attached hydrogen (secondary N) is 3. The molecule has 196 valence electrons. The number of hydrogen-bond donors (Lipinski definition) is 4. The SMILES string of the molecule is Cn1cc(NC(=O)c2ccc3ccc(N[C@@H]4CCCNC4)nn23)c(C(F)(F)F)n1.O=C(O)C(F)(F)F. The maximum Gasteiger partial charge on any atom is 0.490 e. The van der Waals surface area contributed by atoms with Gasteiger partial charge in [0.15, 0.2) is 5.69 Å². The first kappa shape index (κ1) is 26.8. The van der Waals surface area contributed by atoms with E-state index in [4.69, 9.17) is 9.90 Å². The van der Waals surface area contributed by atoms with Crippen LogP contribution in [0.4, 0.5) is 37.8 Å². The number of carboxylic acid groups (broad SMARTS) is 1. The number of rotatable bonds is 4. The Morgan fingerprint density at radius 2 is 1.78 bits per heavy atom. The van der Waals surface area contributed by atoms with Crippen LogP contribution in [-0.4, -0.2) is 61.7 Å². The number of alkyl halides is 6. The van der Waals surface area contributed by atoms with E-state index in [9.17, 15) is 31.1 Å². The number of piperidine rings is 1. The van der Waals surface area contributed by atoms with Crippen molar-refractivity contribution in [2.45, 2.75) is 31.2 Å². The first-order valence-corrected chi connectivity index (χ1v) is 10.4. The van der Waals surface area contributed by atoms with E-state index >= 15 is 0 Å². The lowest BCUT2D eigenvalue weighted by Gasteiger charge is -2.24. The largest absolute Gasteiger partial charge is 0.490 e. The summed E-state index contributed by atoms with van der Waals surface area (Å²) in [6.45, 7) is 1.81. The molecule has 1 amide bonds. The molecule has 4 heterocycles. The number of amides is 1. The van der Waals surface area contributed by atoms with Gasteiger partial charge in [-0.15, -0.1) is 5.10 Å². The lowest BCUT2D eigenvalue weighted by molar-refractivity contribution is -0.192. The fourth-order valence-corrected chi connectivity index (χ4v) is 3.40. The van der Waals surface area contributed by atoms with Crippen molar-refractivity contribution in [3.05, 3.63) is 41.9 Å². The maximum absolute atomic E-state index is 13.1. The fourth-order valence-electron chi connectivity index (χ4n) is 3.40. The second-order valence-electron chi connectivity index (χ2n) is 7.78. The highest BCUT2D eigenvalue weighted by molar-refractivity contribution is 6.04. The van der Waals surface area contributed by atoms with Crippen LogP contribution in [0.2, 0.25) is 0 Å². The highest BCUT2D eigenvalue weighted by Gasteiger charge is 2.38. The molecule has 10 nitrogen and oxygen atoms in total. The summed E-state index contributed by atoms with van der Waals surface area (Å²) >= 11 is 0. The van der Waals surface area contributed by atoms with Crippen LogP contribution in [0.3, 0.4) is 0 Å². The van der Waals surface area contributed by atoms with Crippen molar-refractivity contribution < 1.29 is 41.0 Å². The summed E-state index contributed by atoms with van der Waals surface area (Å²) in [5.41, 5.74) is -0.760. The number of carbonyl (C=O) groups excluding carboxylic acids is 1. The molecule has 1 saturated heterocycles. The van der Waals surface area contributed by atoms with Gasteiger partial charge in [0.05, 0.1) is 11.2 Å². The van der Waals surface area contributed by atoms with Crippen molar-refractivity contribution in [3.8, 4) is 0 Å². The van der Waals surface area contributed by atoms with Crippen LogP contribution in [-0.2, 0) is 18.0 Å². The van der Waals surface area contributed by atoms with E-state index in [0.29, 0.717) is 11.3 Å². The Kier molecular flexibility index (Phi) is 7.76. The van der Waals surface area contributed by atoms with Crippen LogP contribution >= 0.6 is 0 Å². The van der Waals surface area contributed by atoms with Gasteiger partial charge in [-0.25, -0.2) is 9.31 Å². The molecule has 0 saturated carbocycles. The van der Waals surface area contributed by atoms with E-state index in [0.717, 1.165) is 36.8 Å². The maximum atomic E-state index is 13.1. The topological polar surface area (TPSA) is 126 Å². The molecule has 0 spiro atoms. The third-order valence-corrected chi connectivity index (χ3v) is 4.97. The zero-order valence-corrected chi connectivity index (χ0v) is 18.6. The number of halogens is 6. The molecular weight excluding hydrogens is 500 g/mol. The van der Waals surface area contributed by atoms with Gasteiger partial charge in [-0.3, -0.25) is 9.48 Å². The normalized spacial score (nSPS) is 16.2. The first-order chi connectivity index (χ1) is 16.8. The molecule has 3 aromatic heterocycles. The van der Waals surface area contributed by atoms with E-state index in [-0.39, 0.29) is 11.7 Å². The standard InChI is InChI=1S/C18H20F3N7O.C2HF3O2/c1-27-10-13(16(26-27)18(19,20)21)24-17(29)14-6-4-12-5-7-15(25-28(12)14)23-11-3-2-8-22-9-11;3-2(4,5)1(6)7/h4-7,10-11,22H,2-3,8-9H2,1H3,(H,23,25)(H,24,29);(H,6,7)/t11-;/m1./s1. The van der Waals surface area contributed by atoms with E-state index in [1.165, 1.54) is 17.6 Å².